The number of hydrogen-bond acceptors (Lipinski definition) is 6. The number of aliphatic imine (C=N–C) groups is 1. The first-order chi connectivity index (χ1) is 15.2. The summed E-state index contributed by atoms with van der Waals surface area (Å²) in [5.41, 5.74) is 5.65. The van der Waals surface area contributed by atoms with Crippen molar-refractivity contribution < 1.29 is 23.9 Å². The van der Waals surface area contributed by atoms with E-state index >= 15 is 0 Å². The van der Waals surface area contributed by atoms with Crippen molar-refractivity contribution in [2.75, 3.05) is 19.0 Å². The van der Waals surface area contributed by atoms with E-state index in [1.54, 1.807) is 13.0 Å². The fourth-order valence-corrected chi connectivity index (χ4v) is 2.71. The summed E-state index contributed by atoms with van der Waals surface area (Å²) in [5.74, 6) is -2.18. The van der Waals surface area contributed by atoms with Crippen LogP contribution in [0.25, 0.3) is 0 Å². The summed E-state index contributed by atoms with van der Waals surface area (Å²) in [6.07, 6.45) is 3.01. The second kappa shape index (κ2) is 10.9. The molecule has 5 N–H and O–H groups in total. The minimum atomic E-state index is -0.736. The summed E-state index contributed by atoms with van der Waals surface area (Å²) in [4.78, 5) is 52.3. The first-order valence-electron chi connectivity index (χ1n) is 9.35. The maximum absolute atomic E-state index is 12.7. The topological polar surface area (TPSA) is 152 Å². The molecule has 0 aromatic heterocycles. The zero-order valence-corrected chi connectivity index (χ0v) is 18.2. The number of rotatable bonds is 8. The summed E-state index contributed by atoms with van der Waals surface area (Å²) in [6, 6.07) is 4.23. The van der Waals surface area contributed by atoms with Crippen LogP contribution in [0.5, 0.6) is 0 Å². The number of primary amides is 1. The van der Waals surface area contributed by atoms with Crippen molar-refractivity contribution in [3.63, 3.8) is 0 Å². The number of amidine groups is 1. The van der Waals surface area contributed by atoms with Crippen molar-refractivity contribution in [3.05, 3.63) is 64.5 Å². The average molecular weight is 460 g/mol. The molecule has 0 spiro atoms. The molecular weight excluding hydrogens is 438 g/mol. The van der Waals surface area contributed by atoms with Gasteiger partial charge in [0.05, 0.1) is 17.8 Å². The minimum absolute atomic E-state index is 0.0114. The van der Waals surface area contributed by atoms with Crippen LogP contribution in [0, 0.1) is 0 Å². The molecule has 0 bridgehead atoms. The number of hydrogen-bond donors (Lipinski definition) is 4. The Hall–Kier alpha value is -3.92. The van der Waals surface area contributed by atoms with Crippen LogP contribution in [0.1, 0.15) is 23.7 Å². The van der Waals surface area contributed by atoms with E-state index in [0.29, 0.717) is 5.57 Å². The lowest BCUT2D eigenvalue weighted by Gasteiger charge is -2.18. The van der Waals surface area contributed by atoms with E-state index in [2.05, 4.69) is 27.5 Å². The van der Waals surface area contributed by atoms with E-state index in [9.17, 15) is 19.2 Å². The lowest BCUT2D eigenvalue weighted by Crippen LogP contribution is -2.40. The molecule has 1 heterocycles. The molecular formula is C21H22ClN5O5. The van der Waals surface area contributed by atoms with Crippen LogP contribution in [-0.4, -0.2) is 43.1 Å². The number of nitrogens with zero attached hydrogens (tertiary/aromatic N) is 1. The second-order valence-corrected chi connectivity index (χ2v) is 6.84. The van der Waals surface area contributed by atoms with Crippen LogP contribution >= 0.6 is 11.6 Å². The molecule has 0 aliphatic carbocycles. The van der Waals surface area contributed by atoms with E-state index in [1.165, 1.54) is 31.4 Å². The highest BCUT2D eigenvalue weighted by Crippen LogP contribution is 2.24. The number of carbonyl (C=O) groups excluding carboxylic acids is 4. The largest absolute Gasteiger partial charge is 0.481 e. The standard InChI is InChI=1S/C21H22ClN5O5/c1-4-12-9-14(21(31)27-18(12)25-11(2)32-3)20(30)26-16-10-13(5-6-15(16)22)19(29)24-8-7-17(23)28/h4-6,9-10H,2,7-8H2,1,3H3,(H2,23,28)(H,24,29)(H,26,30)(H,25,27,31)/b12-4-. The van der Waals surface area contributed by atoms with Gasteiger partial charge in [-0.05, 0) is 37.8 Å². The van der Waals surface area contributed by atoms with Crippen LogP contribution in [0.3, 0.4) is 0 Å². The van der Waals surface area contributed by atoms with E-state index in [1.807, 2.05) is 0 Å². The number of nitrogens with one attached hydrogen (secondary N) is 3. The molecule has 4 amide bonds. The molecule has 10 nitrogen and oxygen atoms in total. The third-order valence-corrected chi connectivity index (χ3v) is 4.54. The van der Waals surface area contributed by atoms with Crippen LogP contribution in [-0.2, 0) is 19.1 Å². The number of nitrogens with two attached hydrogens (primary N) is 1. The van der Waals surface area contributed by atoms with Gasteiger partial charge in [-0.15, -0.1) is 0 Å². The zero-order valence-electron chi connectivity index (χ0n) is 17.5. The van der Waals surface area contributed by atoms with Gasteiger partial charge >= 0.3 is 0 Å². The molecule has 0 unspecified atom stereocenters. The van der Waals surface area contributed by atoms with Gasteiger partial charge in [-0.2, -0.15) is 4.99 Å². The predicted molar refractivity (Wildman–Crippen MR) is 120 cm³/mol. The summed E-state index contributed by atoms with van der Waals surface area (Å²) in [6.45, 7) is 5.35. The lowest BCUT2D eigenvalue weighted by atomic mass is 10.0. The number of anilines is 1. The highest BCUT2D eigenvalue weighted by molar-refractivity contribution is 6.35. The first-order valence-corrected chi connectivity index (χ1v) is 9.72. The van der Waals surface area contributed by atoms with Crippen LogP contribution in [0.15, 0.2) is 59.0 Å². The van der Waals surface area contributed by atoms with Crippen molar-refractivity contribution in [2.24, 2.45) is 10.7 Å². The molecule has 0 fully saturated rings. The van der Waals surface area contributed by atoms with Gasteiger partial charge in [-0.1, -0.05) is 17.7 Å². The molecule has 2 rings (SSSR count). The van der Waals surface area contributed by atoms with E-state index in [-0.39, 0.29) is 46.5 Å². The van der Waals surface area contributed by atoms with Gasteiger partial charge in [0.1, 0.15) is 11.4 Å². The van der Waals surface area contributed by atoms with Gasteiger partial charge < -0.3 is 26.4 Å². The number of benzene rings is 1. The molecule has 0 atom stereocenters. The first kappa shape index (κ1) is 24.4. The SMILES string of the molecule is C=C(/N=C1/NC(=O)C(C(=O)Nc2cc(C(=O)NCCC(N)=O)ccc2Cl)=C/C1=C/C)OC. The Morgan fingerprint density at radius 1 is 1.31 bits per heavy atom. The molecule has 11 heteroatoms. The highest BCUT2D eigenvalue weighted by Gasteiger charge is 2.27. The van der Waals surface area contributed by atoms with Gasteiger partial charge in [0.15, 0.2) is 0 Å². The Balaban J connectivity index is 2.22. The van der Waals surface area contributed by atoms with Crippen molar-refractivity contribution >= 4 is 46.8 Å². The van der Waals surface area contributed by atoms with Crippen molar-refractivity contribution in [3.8, 4) is 0 Å². The Morgan fingerprint density at radius 3 is 2.66 bits per heavy atom. The molecule has 1 aliphatic heterocycles. The quantitative estimate of drug-likeness (QED) is 0.342. The molecule has 1 aromatic rings. The summed E-state index contributed by atoms with van der Waals surface area (Å²) in [7, 11) is 1.39. The van der Waals surface area contributed by atoms with E-state index in [0.717, 1.165) is 0 Å². The van der Waals surface area contributed by atoms with Crippen LogP contribution < -0.4 is 21.7 Å². The molecule has 32 heavy (non-hydrogen) atoms. The number of allylic oxidation sites excluding steroid dienone is 1. The number of halogens is 1. The smallest absolute Gasteiger partial charge is 0.262 e. The fraction of sp³-hybridized carbons (Fsp3) is 0.190. The Morgan fingerprint density at radius 2 is 2.03 bits per heavy atom. The highest BCUT2D eigenvalue weighted by atomic mass is 35.5. The zero-order chi connectivity index (χ0) is 23.8. The summed E-state index contributed by atoms with van der Waals surface area (Å²) in [5, 5.41) is 7.73. The van der Waals surface area contributed by atoms with E-state index < -0.39 is 23.6 Å². The maximum Gasteiger partial charge on any atom is 0.262 e. The van der Waals surface area contributed by atoms with Crippen molar-refractivity contribution in [1.29, 1.82) is 0 Å². The number of ether oxygens (including phenoxy) is 1. The number of methoxy groups -OCH3 is 1. The normalized spacial score (nSPS) is 15.6. The Kier molecular flexibility index (Phi) is 8.31. The number of carbonyl (C=O) groups is 4. The van der Waals surface area contributed by atoms with Gasteiger partial charge in [0.2, 0.25) is 11.8 Å². The Labute approximate surface area is 189 Å². The molecule has 0 saturated carbocycles. The predicted octanol–water partition coefficient (Wildman–Crippen LogP) is 1.40. The molecule has 1 aliphatic rings. The van der Waals surface area contributed by atoms with Crippen LogP contribution in [0.2, 0.25) is 5.02 Å². The third-order valence-electron chi connectivity index (χ3n) is 4.21. The minimum Gasteiger partial charge on any atom is -0.481 e. The van der Waals surface area contributed by atoms with Crippen molar-refractivity contribution in [2.45, 2.75) is 13.3 Å². The number of amides is 4. The summed E-state index contributed by atoms with van der Waals surface area (Å²) >= 11 is 6.14. The van der Waals surface area contributed by atoms with Crippen LogP contribution in [0.4, 0.5) is 5.69 Å². The van der Waals surface area contributed by atoms with E-state index in [4.69, 9.17) is 22.1 Å². The maximum atomic E-state index is 12.7. The van der Waals surface area contributed by atoms with Gasteiger partial charge in [0.25, 0.3) is 17.7 Å². The molecule has 168 valence electrons. The van der Waals surface area contributed by atoms with Gasteiger partial charge in [0, 0.05) is 24.1 Å². The second-order valence-electron chi connectivity index (χ2n) is 6.44. The molecule has 0 saturated heterocycles. The fourth-order valence-electron chi connectivity index (χ4n) is 2.54. The van der Waals surface area contributed by atoms with Gasteiger partial charge in [-0.3, -0.25) is 19.2 Å². The lowest BCUT2D eigenvalue weighted by molar-refractivity contribution is -0.121. The Bertz CT molecular complexity index is 1070. The average Bonchev–Trinajstić information content (AvgIpc) is 2.74. The summed E-state index contributed by atoms with van der Waals surface area (Å²) < 4.78 is 4.88. The van der Waals surface area contributed by atoms with Gasteiger partial charge in [-0.25, -0.2) is 0 Å². The molecule has 0 radical (unpaired) electrons. The monoisotopic (exact) mass is 459 g/mol. The molecule has 1 aromatic carbocycles. The third kappa shape index (κ3) is 6.29. The van der Waals surface area contributed by atoms with Crippen molar-refractivity contribution in [1.82, 2.24) is 10.6 Å².